The van der Waals surface area contributed by atoms with Crippen molar-refractivity contribution < 1.29 is 50.3 Å². The molecular weight excluding hydrogens is 520 g/mol. The Labute approximate surface area is 227 Å². The molecule has 8 N–H and O–H groups in total. The molecule has 0 aromatic heterocycles. The van der Waals surface area contributed by atoms with Crippen LogP contribution >= 0.6 is 0 Å². The summed E-state index contributed by atoms with van der Waals surface area (Å²) >= 11 is 0. The molecule has 0 fully saturated rings. The van der Waals surface area contributed by atoms with E-state index in [1.54, 1.807) is 12.1 Å². The second kappa shape index (κ2) is 9.44. The number of aliphatic hydroxyl groups excluding tert-OH is 2. The number of hydrogen-bond acceptors (Lipinski definition) is 10. The summed E-state index contributed by atoms with van der Waals surface area (Å²) in [6.45, 7) is 0. The van der Waals surface area contributed by atoms with E-state index in [0.717, 1.165) is 0 Å². The minimum absolute atomic E-state index is 0.0122. The molecule has 0 aliphatic carbocycles. The summed E-state index contributed by atoms with van der Waals surface area (Å²) in [5, 5.41) is 84.5. The van der Waals surface area contributed by atoms with Gasteiger partial charge in [-0.2, -0.15) is 0 Å². The zero-order valence-corrected chi connectivity index (χ0v) is 20.8. The van der Waals surface area contributed by atoms with Gasteiger partial charge in [0.15, 0.2) is 17.6 Å². The van der Waals surface area contributed by atoms with Crippen molar-refractivity contribution in [2.24, 2.45) is 0 Å². The summed E-state index contributed by atoms with van der Waals surface area (Å²) in [5.41, 5.74) is 1.49. The summed E-state index contributed by atoms with van der Waals surface area (Å²) < 4.78 is 12.0. The van der Waals surface area contributed by atoms with Gasteiger partial charge >= 0.3 is 0 Å². The van der Waals surface area contributed by atoms with E-state index in [2.05, 4.69) is 0 Å². The number of hydrogen-bond donors (Lipinski definition) is 8. The molecular formula is C30H26O10. The molecule has 0 saturated heterocycles. The first-order valence-electron chi connectivity index (χ1n) is 12.5. The lowest BCUT2D eigenvalue weighted by Gasteiger charge is -2.39. The van der Waals surface area contributed by atoms with Gasteiger partial charge < -0.3 is 50.3 Å². The van der Waals surface area contributed by atoms with Crippen molar-refractivity contribution in [2.45, 2.75) is 36.8 Å². The fourth-order valence-electron chi connectivity index (χ4n) is 5.54. The van der Waals surface area contributed by atoms with Gasteiger partial charge in [-0.1, -0.05) is 24.3 Å². The molecule has 4 aromatic rings. The summed E-state index contributed by atoms with van der Waals surface area (Å²) in [5.74, 6) is -2.22. The monoisotopic (exact) mass is 546 g/mol. The molecule has 2 heterocycles. The molecule has 0 unspecified atom stereocenters. The van der Waals surface area contributed by atoms with Crippen LogP contribution in [0.15, 0.2) is 66.7 Å². The zero-order valence-electron chi connectivity index (χ0n) is 20.8. The molecule has 40 heavy (non-hydrogen) atoms. The average Bonchev–Trinajstić information content (AvgIpc) is 2.92. The highest BCUT2D eigenvalue weighted by atomic mass is 16.5. The van der Waals surface area contributed by atoms with E-state index >= 15 is 0 Å². The Morgan fingerprint density at radius 2 is 1.27 bits per heavy atom. The lowest BCUT2D eigenvalue weighted by atomic mass is 9.78. The standard InChI is InChI=1S/C30H26O10/c31-15-4-1-13(2-5-15)30-28(38)25(17-7-6-16(32)10-23(17)40-30)26-21(35)12-24-18(27(26)37)11-22(36)29(39-24)14-3-8-19(33)20(34)9-14/h1-10,12,22,25,28-38H,11H2/t22-,25-,28-,29+,30+/m0/s1. The summed E-state index contributed by atoms with van der Waals surface area (Å²) in [7, 11) is 0. The summed E-state index contributed by atoms with van der Waals surface area (Å²) in [6.07, 6.45) is -4.50. The molecule has 0 amide bonds. The molecule has 206 valence electrons. The number of phenols is 6. The Bertz CT molecular complexity index is 1600. The molecule has 6 rings (SSSR count). The van der Waals surface area contributed by atoms with Crippen LogP contribution in [0.25, 0.3) is 0 Å². The summed E-state index contributed by atoms with van der Waals surface area (Å²) in [4.78, 5) is 0. The summed E-state index contributed by atoms with van der Waals surface area (Å²) in [6, 6.07) is 15.6. The molecule has 10 heteroatoms. The maximum Gasteiger partial charge on any atom is 0.157 e. The normalized spacial score (nSPS) is 23.4. The smallest absolute Gasteiger partial charge is 0.157 e. The van der Waals surface area contributed by atoms with Crippen LogP contribution in [-0.4, -0.2) is 53.1 Å². The van der Waals surface area contributed by atoms with E-state index in [-0.39, 0.29) is 63.5 Å². The molecule has 0 radical (unpaired) electrons. The lowest BCUT2D eigenvalue weighted by molar-refractivity contribution is 0.00667. The second-order valence-corrected chi connectivity index (χ2v) is 10.0. The number of fused-ring (bicyclic) bond motifs is 2. The number of benzene rings is 4. The van der Waals surface area contributed by atoms with E-state index in [9.17, 15) is 40.9 Å². The lowest BCUT2D eigenvalue weighted by Crippen LogP contribution is -2.35. The Balaban J connectivity index is 1.44. The van der Waals surface area contributed by atoms with Gasteiger partial charge in [0.05, 0.1) is 6.10 Å². The second-order valence-electron chi connectivity index (χ2n) is 10.0. The molecule has 0 spiro atoms. The van der Waals surface area contributed by atoms with E-state index < -0.39 is 30.3 Å². The van der Waals surface area contributed by atoms with Crippen molar-refractivity contribution in [1.82, 2.24) is 0 Å². The predicted molar refractivity (Wildman–Crippen MR) is 140 cm³/mol. The highest BCUT2D eigenvalue weighted by molar-refractivity contribution is 5.63. The van der Waals surface area contributed by atoms with Gasteiger partial charge in [-0.05, 0) is 41.5 Å². The molecule has 0 bridgehead atoms. The van der Waals surface area contributed by atoms with Crippen molar-refractivity contribution in [3.63, 3.8) is 0 Å². The predicted octanol–water partition coefficient (Wildman–Crippen LogP) is 3.58. The molecule has 2 aliphatic heterocycles. The molecule has 4 aromatic carbocycles. The van der Waals surface area contributed by atoms with Crippen molar-refractivity contribution >= 4 is 0 Å². The van der Waals surface area contributed by atoms with Gasteiger partial charge in [0.1, 0.15) is 46.7 Å². The maximum absolute atomic E-state index is 11.6. The molecule has 0 saturated carbocycles. The first-order valence-corrected chi connectivity index (χ1v) is 12.5. The van der Waals surface area contributed by atoms with Gasteiger partial charge in [0.25, 0.3) is 0 Å². The number of ether oxygens (including phenoxy) is 2. The van der Waals surface area contributed by atoms with E-state index in [1.807, 2.05) is 0 Å². The molecule has 2 aliphatic rings. The van der Waals surface area contributed by atoms with Gasteiger partial charge in [-0.25, -0.2) is 0 Å². The van der Waals surface area contributed by atoms with Crippen LogP contribution in [-0.2, 0) is 6.42 Å². The van der Waals surface area contributed by atoms with Gasteiger partial charge in [0, 0.05) is 41.2 Å². The first kappa shape index (κ1) is 25.5. The molecule has 10 nitrogen and oxygen atoms in total. The van der Waals surface area contributed by atoms with Crippen LogP contribution in [0, 0.1) is 0 Å². The van der Waals surface area contributed by atoms with E-state index in [1.165, 1.54) is 54.6 Å². The maximum atomic E-state index is 11.6. The Hall–Kier alpha value is -4.80. The Morgan fingerprint density at radius 3 is 2.00 bits per heavy atom. The third kappa shape index (κ3) is 4.14. The van der Waals surface area contributed by atoms with Gasteiger partial charge in [-0.3, -0.25) is 0 Å². The van der Waals surface area contributed by atoms with Crippen LogP contribution in [0.1, 0.15) is 45.9 Å². The first-order chi connectivity index (χ1) is 19.1. The van der Waals surface area contributed by atoms with Crippen molar-refractivity contribution in [3.05, 3.63) is 94.5 Å². The van der Waals surface area contributed by atoms with Crippen molar-refractivity contribution in [1.29, 1.82) is 0 Å². The minimum atomic E-state index is -1.32. The van der Waals surface area contributed by atoms with Gasteiger partial charge in [-0.15, -0.1) is 0 Å². The largest absolute Gasteiger partial charge is 0.508 e. The van der Waals surface area contributed by atoms with Gasteiger partial charge in [0.2, 0.25) is 0 Å². The van der Waals surface area contributed by atoms with Crippen LogP contribution < -0.4 is 9.47 Å². The van der Waals surface area contributed by atoms with E-state index in [4.69, 9.17) is 9.47 Å². The van der Waals surface area contributed by atoms with Crippen LogP contribution in [0.3, 0.4) is 0 Å². The van der Waals surface area contributed by atoms with Crippen LogP contribution in [0.4, 0.5) is 0 Å². The number of aromatic hydroxyl groups is 6. The number of phenolic OH excluding ortho intramolecular Hbond substituents is 6. The highest BCUT2D eigenvalue weighted by Gasteiger charge is 2.43. The Morgan fingerprint density at radius 1 is 0.600 bits per heavy atom. The minimum Gasteiger partial charge on any atom is -0.508 e. The van der Waals surface area contributed by atoms with Crippen molar-refractivity contribution in [2.75, 3.05) is 0 Å². The van der Waals surface area contributed by atoms with Crippen LogP contribution in [0.5, 0.6) is 46.0 Å². The van der Waals surface area contributed by atoms with E-state index in [0.29, 0.717) is 16.7 Å². The van der Waals surface area contributed by atoms with Crippen LogP contribution in [0.2, 0.25) is 0 Å². The molecule has 5 atom stereocenters. The quantitative estimate of drug-likeness (QED) is 0.177. The average molecular weight is 547 g/mol. The third-order valence-corrected chi connectivity index (χ3v) is 7.50. The van der Waals surface area contributed by atoms with Crippen molar-refractivity contribution in [3.8, 4) is 46.0 Å². The number of aliphatic hydroxyl groups is 2. The Kier molecular flexibility index (Phi) is 6.01. The zero-order chi connectivity index (χ0) is 28.3. The fourth-order valence-corrected chi connectivity index (χ4v) is 5.54. The SMILES string of the molecule is Oc1ccc([C@H]2Oc3cc(O)ccc3[C@@H](c3c(O)cc4c(c3O)C[C@H](O)[C@@H](c3ccc(O)c(O)c3)O4)[C@@H]2O)cc1. The number of rotatable bonds is 3. The third-order valence-electron chi connectivity index (χ3n) is 7.50. The fraction of sp³-hybridized carbons (Fsp3) is 0.200. The highest BCUT2D eigenvalue weighted by Crippen LogP contribution is 2.54. The topological polar surface area (TPSA) is 180 Å².